The molecule has 0 amide bonds. The molecule has 0 saturated carbocycles. The summed E-state index contributed by atoms with van der Waals surface area (Å²) in [5.41, 5.74) is 6.04. The van der Waals surface area contributed by atoms with E-state index in [1.54, 1.807) is 20.4 Å². The van der Waals surface area contributed by atoms with Crippen molar-refractivity contribution >= 4 is 34.4 Å². The number of allylic oxidation sites excluding steroid dienone is 1. The summed E-state index contributed by atoms with van der Waals surface area (Å²) in [4.78, 5) is 0. The lowest BCUT2D eigenvalue weighted by atomic mass is 10.1. The fourth-order valence-corrected chi connectivity index (χ4v) is 3.21. The smallest absolute Gasteiger partial charge is 0.186 e. The lowest BCUT2D eigenvalue weighted by Gasteiger charge is -2.12. The van der Waals surface area contributed by atoms with E-state index in [9.17, 15) is 0 Å². The largest absolute Gasteiger partial charge is 0.493 e. The van der Waals surface area contributed by atoms with E-state index in [-0.39, 0.29) is 0 Å². The summed E-state index contributed by atoms with van der Waals surface area (Å²) < 4.78 is 13.6. The molecule has 6 nitrogen and oxygen atoms in total. The minimum atomic E-state index is 0.469. The van der Waals surface area contributed by atoms with Gasteiger partial charge in [0.2, 0.25) is 0 Å². The lowest BCUT2D eigenvalue weighted by Crippen LogP contribution is -2.28. The van der Waals surface area contributed by atoms with Crippen LogP contribution in [0.1, 0.15) is 11.1 Å². The Balaban J connectivity index is 1.72. The van der Waals surface area contributed by atoms with Gasteiger partial charge in [-0.25, -0.2) is 0 Å². The summed E-state index contributed by atoms with van der Waals surface area (Å²) in [6.45, 7) is 4.98. The predicted octanol–water partition coefficient (Wildman–Crippen LogP) is 3.89. The average Bonchev–Trinajstić information content (AvgIpc) is 3.12. The maximum atomic E-state index is 6.01. The summed E-state index contributed by atoms with van der Waals surface area (Å²) in [5, 5.41) is 8.61. The summed E-state index contributed by atoms with van der Waals surface area (Å²) in [5.74, 6) is 1.46. The van der Waals surface area contributed by atoms with Crippen LogP contribution in [0.3, 0.4) is 0 Å². The monoisotopic (exact) mass is 422 g/mol. The van der Waals surface area contributed by atoms with E-state index in [0.717, 1.165) is 39.9 Å². The molecule has 3 rings (SSSR count). The first-order valence-electron chi connectivity index (χ1n) is 9.65. The van der Waals surface area contributed by atoms with Crippen LogP contribution in [0.5, 0.6) is 11.5 Å². The third kappa shape index (κ3) is 5.18. The Morgan fingerprint density at radius 2 is 2.07 bits per heavy atom. The molecule has 1 heterocycles. The number of hydrogen-bond acceptors (Lipinski definition) is 4. The van der Waals surface area contributed by atoms with Gasteiger partial charge < -0.3 is 19.4 Å². The number of nitrogens with one attached hydrogen (secondary N) is 2. The number of rotatable bonds is 9. The van der Waals surface area contributed by atoms with Crippen molar-refractivity contribution in [3.63, 3.8) is 0 Å². The second-order valence-electron chi connectivity index (χ2n) is 6.57. The van der Waals surface area contributed by atoms with Crippen LogP contribution in [0, 0.1) is 0 Å². The fraction of sp³-hybridized carbons (Fsp3) is 0.217. The normalized spacial score (nSPS) is 10.9. The van der Waals surface area contributed by atoms with Gasteiger partial charge in [0.1, 0.15) is 6.61 Å². The van der Waals surface area contributed by atoms with Crippen molar-refractivity contribution in [2.75, 3.05) is 20.8 Å². The number of aromatic nitrogens is 1. The molecular formula is C23H26N4O2S. The van der Waals surface area contributed by atoms with Crippen LogP contribution in [0.4, 0.5) is 0 Å². The molecule has 0 bridgehead atoms. The zero-order valence-corrected chi connectivity index (χ0v) is 18.0. The molecule has 3 aromatic rings. The summed E-state index contributed by atoms with van der Waals surface area (Å²) >= 11 is 5.05. The van der Waals surface area contributed by atoms with Crippen LogP contribution in [0.25, 0.3) is 10.9 Å². The van der Waals surface area contributed by atoms with Gasteiger partial charge in [0.25, 0.3) is 0 Å². The third-order valence-electron chi connectivity index (χ3n) is 4.61. The van der Waals surface area contributed by atoms with Crippen LogP contribution in [-0.4, -0.2) is 36.7 Å². The molecule has 2 aromatic carbocycles. The quantitative estimate of drug-likeness (QED) is 0.237. The molecule has 2 N–H and O–H groups in total. The van der Waals surface area contributed by atoms with Crippen molar-refractivity contribution < 1.29 is 9.47 Å². The average molecular weight is 423 g/mol. The topological polar surface area (TPSA) is 59.8 Å². The Bertz CT molecular complexity index is 1060. The van der Waals surface area contributed by atoms with Crippen molar-refractivity contribution in [1.29, 1.82) is 0 Å². The number of methoxy groups -OCH3 is 1. The summed E-state index contributed by atoms with van der Waals surface area (Å²) in [7, 11) is 3.40. The molecule has 0 aliphatic rings. The highest BCUT2D eigenvalue weighted by Crippen LogP contribution is 2.28. The van der Waals surface area contributed by atoms with Gasteiger partial charge in [0.05, 0.1) is 19.9 Å². The zero-order chi connectivity index (χ0) is 21.3. The van der Waals surface area contributed by atoms with E-state index in [1.165, 1.54) is 0 Å². The highest BCUT2D eigenvalue weighted by atomic mass is 32.1. The van der Waals surface area contributed by atoms with E-state index in [2.05, 4.69) is 45.3 Å². The molecule has 0 saturated heterocycles. The van der Waals surface area contributed by atoms with E-state index in [4.69, 9.17) is 21.7 Å². The second-order valence-corrected chi connectivity index (χ2v) is 6.98. The SMILES string of the molecule is C=CCc1ccc(OCCn2cc(/C=N/NC(=S)NC)c3ccccc32)c(OC)c1. The Morgan fingerprint density at radius 1 is 1.23 bits per heavy atom. The molecule has 7 heteroatoms. The minimum absolute atomic E-state index is 0.469. The lowest BCUT2D eigenvalue weighted by molar-refractivity contribution is 0.281. The number of hydrazone groups is 1. The van der Waals surface area contributed by atoms with Gasteiger partial charge >= 0.3 is 0 Å². The second kappa shape index (κ2) is 10.5. The van der Waals surface area contributed by atoms with Crippen LogP contribution >= 0.6 is 12.2 Å². The first kappa shape index (κ1) is 21.4. The van der Waals surface area contributed by atoms with Crippen LogP contribution in [0.15, 0.2) is 66.4 Å². The number of thiocarbonyl (C=S) groups is 1. The van der Waals surface area contributed by atoms with Crippen molar-refractivity contribution in [3.8, 4) is 11.5 Å². The molecule has 156 valence electrons. The van der Waals surface area contributed by atoms with Crippen molar-refractivity contribution in [1.82, 2.24) is 15.3 Å². The number of ether oxygens (including phenoxy) is 2. The molecule has 0 atom stereocenters. The summed E-state index contributed by atoms with van der Waals surface area (Å²) in [6.07, 6.45) is 6.50. The standard InChI is InChI=1S/C23H26N4O2S/c1-4-7-17-10-11-21(22(14-17)28-3)29-13-12-27-16-18(15-25-26-23(30)24-2)19-8-5-6-9-20(19)27/h4-6,8-11,14-16H,1,7,12-13H2,2-3H3,(H2,24,26,30)/b25-15+. The zero-order valence-electron chi connectivity index (χ0n) is 17.2. The number of benzene rings is 2. The third-order valence-corrected chi connectivity index (χ3v) is 4.91. The number of para-hydroxylation sites is 1. The Labute approximate surface area is 182 Å². The molecule has 0 fully saturated rings. The van der Waals surface area contributed by atoms with Crippen molar-refractivity contribution in [2.24, 2.45) is 5.10 Å². The molecule has 0 spiro atoms. The van der Waals surface area contributed by atoms with Crippen LogP contribution in [-0.2, 0) is 13.0 Å². The minimum Gasteiger partial charge on any atom is -0.493 e. The first-order chi connectivity index (χ1) is 14.7. The van der Waals surface area contributed by atoms with Crippen LogP contribution in [0.2, 0.25) is 0 Å². The van der Waals surface area contributed by atoms with Crippen LogP contribution < -0.4 is 20.2 Å². The molecule has 0 aliphatic carbocycles. The molecule has 0 aliphatic heterocycles. The first-order valence-corrected chi connectivity index (χ1v) is 10.1. The van der Waals surface area contributed by atoms with Gasteiger partial charge in [-0.05, 0) is 42.4 Å². The van der Waals surface area contributed by atoms with Crippen molar-refractivity contribution in [3.05, 3.63) is 72.4 Å². The Morgan fingerprint density at radius 3 is 2.83 bits per heavy atom. The van der Waals surface area contributed by atoms with Gasteiger partial charge in [0, 0.05) is 29.7 Å². The van der Waals surface area contributed by atoms with Gasteiger partial charge in [-0.1, -0.05) is 30.3 Å². The van der Waals surface area contributed by atoms with Gasteiger partial charge in [-0.2, -0.15) is 5.10 Å². The Hall–Kier alpha value is -3.32. The van der Waals surface area contributed by atoms with E-state index < -0.39 is 0 Å². The highest BCUT2D eigenvalue weighted by Gasteiger charge is 2.09. The van der Waals surface area contributed by atoms with E-state index in [1.807, 2.05) is 36.4 Å². The molecule has 0 unspecified atom stereocenters. The molecule has 1 aromatic heterocycles. The predicted molar refractivity (Wildman–Crippen MR) is 127 cm³/mol. The van der Waals surface area contributed by atoms with Gasteiger partial charge in [-0.15, -0.1) is 6.58 Å². The number of nitrogens with zero attached hydrogens (tertiary/aromatic N) is 2. The van der Waals surface area contributed by atoms with E-state index >= 15 is 0 Å². The highest BCUT2D eigenvalue weighted by molar-refractivity contribution is 7.80. The molecule has 30 heavy (non-hydrogen) atoms. The maximum Gasteiger partial charge on any atom is 0.186 e. The number of hydrogen-bond donors (Lipinski definition) is 2. The maximum absolute atomic E-state index is 6.01. The fourth-order valence-electron chi connectivity index (χ4n) is 3.16. The molecular weight excluding hydrogens is 396 g/mol. The van der Waals surface area contributed by atoms with E-state index in [0.29, 0.717) is 18.3 Å². The summed E-state index contributed by atoms with van der Waals surface area (Å²) in [6, 6.07) is 14.2. The van der Waals surface area contributed by atoms with Gasteiger partial charge in [0.15, 0.2) is 16.6 Å². The Kier molecular flexibility index (Phi) is 7.45. The van der Waals surface area contributed by atoms with Crippen molar-refractivity contribution in [2.45, 2.75) is 13.0 Å². The van der Waals surface area contributed by atoms with Gasteiger partial charge in [-0.3, -0.25) is 5.43 Å². The molecule has 0 radical (unpaired) electrons. The number of fused-ring (bicyclic) bond motifs is 1.